The summed E-state index contributed by atoms with van der Waals surface area (Å²) in [6.07, 6.45) is 2.23. The Morgan fingerprint density at radius 2 is 0.716 bits per heavy atom. The van der Waals surface area contributed by atoms with Crippen molar-refractivity contribution in [2.24, 2.45) is 10.2 Å². The number of aliphatic hydroxyl groups excluding tert-OH is 1. The molecule has 0 saturated carbocycles. The first-order chi connectivity index (χ1) is 43.0. The highest BCUT2D eigenvalue weighted by atomic mass is 16.5. The average Bonchev–Trinajstić information content (AvgIpc) is 1.44. The third-order valence-electron chi connectivity index (χ3n) is 17.8. The number of aliphatic hydroxyl groups is 1. The Morgan fingerprint density at radius 3 is 1.03 bits per heavy atom. The maximum Gasteiger partial charge on any atom is 0.275 e. The fourth-order valence-electron chi connectivity index (χ4n) is 13.4. The van der Waals surface area contributed by atoms with E-state index < -0.39 is 17.2 Å². The van der Waals surface area contributed by atoms with Crippen LogP contribution in [0.25, 0.3) is 0 Å². The maximum atomic E-state index is 15.0. The van der Waals surface area contributed by atoms with Crippen molar-refractivity contribution < 1.29 is 33.6 Å². The van der Waals surface area contributed by atoms with Crippen molar-refractivity contribution in [1.29, 1.82) is 0 Å². The predicted molar refractivity (Wildman–Crippen MR) is 350 cm³/mol. The molecule has 4 aliphatic rings. The van der Waals surface area contributed by atoms with Crippen LogP contribution in [0.15, 0.2) is 180 Å². The number of hydrogen-bond donors (Lipinski definition) is 1. The third-order valence-corrected chi connectivity index (χ3v) is 17.8. The highest BCUT2D eigenvalue weighted by Crippen LogP contribution is 2.60. The normalized spacial score (nSPS) is 14.6. The van der Waals surface area contributed by atoms with Gasteiger partial charge in [-0.1, -0.05) is 84.9 Å². The number of hydrazone groups is 2. The van der Waals surface area contributed by atoms with E-state index in [1.165, 1.54) is 0 Å². The lowest BCUT2D eigenvalue weighted by Gasteiger charge is -2.42. The number of rotatable bonds is 22. The minimum absolute atomic E-state index is 0.128. The zero-order valence-electron chi connectivity index (χ0n) is 51.4. The average molecular weight is 1180 g/mol. The fourth-order valence-corrected chi connectivity index (χ4v) is 13.4. The van der Waals surface area contributed by atoms with Crippen LogP contribution >= 0.6 is 0 Å². The van der Waals surface area contributed by atoms with Gasteiger partial charge in [0.1, 0.15) is 64.9 Å². The van der Waals surface area contributed by atoms with E-state index in [9.17, 15) is 5.11 Å². The zero-order chi connectivity index (χ0) is 61.3. The molecular formula is C73H76N8O7. The van der Waals surface area contributed by atoms with Crippen LogP contribution in [-0.2, 0) is 11.1 Å². The van der Waals surface area contributed by atoms with Crippen molar-refractivity contribution >= 4 is 47.0 Å². The van der Waals surface area contributed by atoms with E-state index in [1.54, 1.807) is 22.4 Å². The molecule has 0 saturated heterocycles. The molecule has 0 atom stereocenters. The first-order valence-corrected chi connectivity index (χ1v) is 31.0. The summed E-state index contributed by atoms with van der Waals surface area (Å²) in [6, 6.07) is 55.3. The molecule has 0 aromatic heterocycles. The monoisotopic (exact) mass is 1180 g/mol. The SMILES string of the molecule is CCN(CC)c1ccc2c(c1)Oc1cc(N(CC)CC)ccc1C21c2ccccc2C(=O)N1/N=C/c1ccccc1OCC(O)COc1ccccc1/C=N/N1C(=O)c2ccccc2C12c1ccc(N(CC)CC)cc1Oc1cc(N(CC)CC)ccc12. The van der Waals surface area contributed by atoms with E-state index in [0.29, 0.717) is 56.8 Å². The molecular weight excluding hydrogens is 1100 g/mol. The second kappa shape index (κ2) is 24.6. The molecule has 0 unspecified atom stereocenters. The molecule has 8 aromatic carbocycles. The van der Waals surface area contributed by atoms with Gasteiger partial charge in [-0.15, -0.1) is 0 Å². The number of carbonyl (C=O) groups is 2. The van der Waals surface area contributed by atoms with Crippen molar-refractivity contribution in [3.05, 3.63) is 225 Å². The van der Waals surface area contributed by atoms with Crippen LogP contribution in [0, 0.1) is 0 Å². The van der Waals surface area contributed by atoms with Crippen molar-refractivity contribution in [1.82, 2.24) is 10.0 Å². The minimum Gasteiger partial charge on any atom is -0.490 e. The first kappa shape index (κ1) is 58.8. The zero-order valence-corrected chi connectivity index (χ0v) is 51.4. The van der Waals surface area contributed by atoms with Gasteiger partial charge in [0, 0.05) is 155 Å². The molecule has 88 heavy (non-hydrogen) atoms. The van der Waals surface area contributed by atoms with Crippen LogP contribution in [-0.4, -0.2) is 111 Å². The Hall–Kier alpha value is -9.60. The van der Waals surface area contributed by atoms with E-state index in [0.717, 1.165) is 108 Å². The molecule has 450 valence electrons. The lowest BCUT2D eigenvalue weighted by atomic mass is 9.75. The topological polar surface area (TPSA) is 135 Å². The first-order valence-electron chi connectivity index (χ1n) is 31.0. The molecule has 0 bridgehead atoms. The molecule has 2 spiro atoms. The highest BCUT2D eigenvalue weighted by Gasteiger charge is 2.59. The Morgan fingerprint density at radius 1 is 0.420 bits per heavy atom. The van der Waals surface area contributed by atoms with Gasteiger partial charge in [0.2, 0.25) is 0 Å². The summed E-state index contributed by atoms with van der Waals surface area (Å²) in [7, 11) is 0. The van der Waals surface area contributed by atoms with Crippen molar-refractivity contribution in [2.45, 2.75) is 72.6 Å². The number of fused-ring (bicyclic) bond motifs is 12. The molecule has 0 radical (unpaired) electrons. The van der Waals surface area contributed by atoms with Crippen molar-refractivity contribution in [3.8, 4) is 34.5 Å². The molecule has 4 aliphatic heterocycles. The van der Waals surface area contributed by atoms with Gasteiger partial charge >= 0.3 is 0 Å². The summed E-state index contributed by atoms with van der Waals surface area (Å²) in [5.74, 6) is 2.98. The van der Waals surface area contributed by atoms with Gasteiger partial charge in [-0.2, -0.15) is 10.2 Å². The molecule has 4 heterocycles. The quantitative estimate of drug-likeness (QED) is 0.0650. The molecule has 2 amide bonds. The van der Waals surface area contributed by atoms with Crippen LogP contribution in [0.4, 0.5) is 22.7 Å². The van der Waals surface area contributed by atoms with E-state index in [2.05, 4.69) is 148 Å². The van der Waals surface area contributed by atoms with Gasteiger partial charge in [0.15, 0.2) is 0 Å². The maximum absolute atomic E-state index is 15.0. The smallest absolute Gasteiger partial charge is 0.275 e. The summed E-state index contributed by atoms with van der Waals surface area (Å²) < 4.78 is 26.6. The lowest BCUT2D eigenvalue weighted by Crippen LogP contribution is -2.44. The van der Waals surface area contributed by atoms with Gasteiger partial charge in [0.25, 0.3) is 11.8 Å². The number of nitrogens with zero attached hydrogens (tertiary/aromatic N) is 8. The molecule has 1 N–H and O–H groups in total. The van der Waals surface area contributed by atoms with Gasteiger partial charge < -0.3 is 43.7 Å². The predicted octanol–water partition coefficient (Wildman–Crippen LogP) is 13.7. The largest absolute Gasteiger partial charge is 0.490 e. The minimum atomic E-state index is -1.19. The number of benzene rings is 8. The lowest BCUT2D eigenvalue weighted by molar-refractivity contribution is 0.0625. The molecule has 8 aromatic rings. The fraction of sp³-hybridized carbons (Fsp3) is 0.288. The van der Waals surface area contributed by atoms with Crippen LogP contribution in [0.3, 0.4) is 0 Å². The van der Waals surface area contributed by atoms with Crippen molar-refractivity contribution in [3.63, 3.8) is 0 Å². The Labute approximate surface area is 516 Å². The molecule has 0 aliphatic carbocycles. The van der Waals surface area contributed by atoms with Gasteiger partial charge in [-0.05, 0) is 116 Å². The van der Waals surface area contributed by atoms with E-state index in [-0.39, 0.29) is 25.0 Å². The highest BCUT2D eigenvalue weighted by molar-refractivity contribution is 6.04. The summed E-state index contributed by atoms with van der Waals surface area (Å²) in [5.41, 5.74) is 8.77. The third kappa shape index (κ3) is 9.81. The van der Waals surface area contributed by atoms with Gasteiger partial charge in [-0.25, -0.2) is 10.0 Å². The number of anilines is 4. The number of ether oxygens (including phenoxy) is 4. The summed E-state index contributed by atoms with van der Waals surface area (Å²) in [6.45, 7) is 23.4. The van der Waals surface area contributed by atoms with E-state index >= 15 is 9.59 Å². The standard InChI is InChI=1S/C73H76N8O7/c1-9-76(10-2)51-33-37-60-66(41-51)87-67-42-52(77(11-3)12-4)34-38-61(67)72(60)58-29-21-19-27-56(58)70(83)80(72)74-45-49-25-17-23-31-64(49)85-47-55(82)48-86-65-32-24-18-26-50(65)46-75-81-71(84)57-28-20-22-30-59(57)73(81)62-39-35-53(78(13-5)14-6)43-68(62)88-69-44-54(36-40-63(69)73)79(15-7)16-8/h17-46,55,82H,9-16,47-48H2,1-8H3/b74-45+,75-46+. The second-order valence-corrected chi connectivity index (χ2v) is 22.2. The Bertz CT molecular complexity index is 3600. The molecule has 0 fully saturated rings. The van der Waals surface area contributed by atoms with E-state index in [1.807, 2.05) is 97.1 Å². The number of amides is 2. The Kier molecular flexibility index (Phi) is 16.5. The van der Waals surface area contributed by atoms with Gasteiger partial charge in [0.05, 0.1) is 12.4 Å². The summed E-state index contributed by atoms with van der Waals surface area (Å²) in [4.78, 5) is 39.2. The van der Waals surface area contributed by atoms with Crippen LogP contribution in [0.5, 0.6) is 34.5 Å². The Balaban J connectivity index is 0.824. The van der Waals surface area contributed by atoms with Crippen molar-refractivity contribution in [2.75, 3.05) is 85.2 Å². The number of para-hydroxylation sites is 2. The van der Waals surface area contributed by atoms with Crippen LogP contribution in [0.1, 0.15) is 121 Å². The summed E-state index contributed by atoms with van der Waals surface area (Å²) in [5, 5.41) is 25.1. The number of carbonyl (C=O) groups excluding carboxylic acids is 2. The molecule has 15 nitrogen and oxygen atoms in total. The van der Waals surface area contributed by atoms with Crippen LogP contribution < -0.4 is 38.5 Å². The molecule has 12 rings (SSSR count). The number of hydrogen-bond acceptors (Lipinski definition) is 13. The van der Waals surface area contributed by atoms with Crippen LogP contribution in [0.2, 0.25) is 0 Å². The molecule has 15 heteroatoms. The van der Waals surface area contributed by atoms with E-state index in [4.69, 9.17) is 29.2 Å². The second-order valence-electron chi connectivity index (χ2n) is 22.2. The van der Waals surface area contributed by atoms with Gasteiger partial charge in [-0.3, -0.25) is 9.59 Å². The summed E-state index contributed by atoms with van der Waals surface area (Å²) >= 11 is 0.